The van der Waals surface area contributed by atoms with Crippen molar-refractivity contribution >= 4 is 5.82 Å². The van der Waals surface area contributed by atoms with Crippen LogP contribution in [0.5, 0.6) is 0 Å². The number of anilines is 1. The van der Waals surface area contributed by atoms with Crippen LogP contribution in [0.25, 0.3) is 0 Å². The molecule has 1 aromatic heterocycles. The number of rotatable bonds is 0. The highest BCUT2D eigenvalue weighted by molar-refractivity contribution is 5.38. The molecule has 0 spiro atoms. The van der Waals surface area contributed by atoms with Crippen LogP contribution in [0.3, 0.4) is 0 Å². The minimum Gasteiger partial charge on any atom is -0.382 e. The first-order valence-corrected chi connectivity index (χ1v) is 2.79. The van der Waals surface area contributed by atoms with Crippen molar-refractivity contribution in [2.45, 2.75) is 5.79 Å². The molecule has 2 aliphatic rings. The molecule has 0 atom stereocenters. The molecule has 0 aliphatic carbocycles. The van der Waals surface area contributed by atoms with Crippen LogP contribution in [0.1, 0.15) is 5.69 Å². The number of nitrogens with zero attached hydrogens (tertiary/aromatic N) is 1. The number of fused-ring (bicyclic) bond motifs is 2. The highest BCUT2D eigenvalue weighted by atomic mass is 15.7. The first-order valence-electron chi connectivity index (χ1n) is 2.79. The maximum absolute atomic E-state index is 5.56. The third kappa shape index (κ3) is 0.381. The summed E-state index contributed by atoms with van der Waals surface area (Å²) in [6, 6.07) is 0. The molecule has 7 nitrogen and oxygen atoms in total. The molecule has 0 radical (unpaired) electrons. The van der Waals surface area contributed by atoms with Gasteiger partial charge < -0.3 is 5.73 Å². The largest absolute Gasteiger partial charge is 0.382 e. The van der Waals surface area contributed by atoms with Gasteiger partial charge in [0.2, 0.25) is 5.79 Å². The second-order valence-electron chi connectivity index (χ2n) is 2.30. The van der Waals surface area contributed by atoms with E-state index >= 15 is 0 Å². The Balaban J connectivity index is 2.67. The first kappa shape index (κ1) is 5.45. The van der Waals surface area contributed by atoms with Crippen molar-refractivity contribution < 1.29 is 0 Å². The summed E-state index contributed by atoms with van der Waals surface area (Å²) in [5, 5.41) is 8.06. The number of aromatic amines is 3. The average Bonchev–Trinajstić information content (AvgIpc) is 1.87. The topological polar surface area (TPSA) is 130 Å². The average molecular weight is 143 g/mol. The molecule has 0 unspecified atom stereocenters. The summed E-state index contributed by atoms with van der Waals surface area (Å²) < 4.78 is 0. The predicted molar refractivity (Wildman–Crippen MR) is 35.0 cm³/mol. The molecule has 9 N–H and O–H groups in total. The predicted octanol–water partition coefficient (Wildman–Crippen LogP) is -1.93. The van der Waals surface area contributed by atoms with E-state index in [2.05, 4.69) is 15.4 Å². The van der Waals surface area contributed by atoms with Crippen LogP contribution in [-0.2, 0) is 5.79 Å². The highest BCUT2D eigenvalue weighted by Crippen LogP contribution is 2.21. The van der Waals surface area contributed by atoms with E-state index in [1.165, 1.54) is 4.80 Å². The minimum atomic E-state index is -0.991. The zero-order valence-corrected chi connectivity index (χ0v) is 5.18. The van der Waals surface area contributed by atoms with E-state index in [-0.39, 0.29) is 0 Å². The summed E-state index contributed by atoms with van der Waals surface area (Å²) in [6.07, 6.45) is 0. The Labute approximate surface area is 55.8 Å². The van der Waals surface area contributed by atoms with Crippen LogP contribution >= 0.6 is 0 Å². The number of aromatic nitrogens is 4. The summed E-state index contributed by atoms with van der Waals surface area (Å²) >= 11 is 0. The number of nitrogens with one attached hydrogen (secondary N) is 3. The van der Waals surface area contributed by atoms with E-state index in [1.54, 1.807) is 0 Å². The number of hydrogen-bond donors (Lipinski definition) is 6. The minimum absolute atomic E-state index is 0.424. The molecule has 0 fully saturated rings. The van der Waals surface area contributed by atoms with Gasteiger partial charge in [0.15, 0.2) is 0 Å². The number of H-pyrrole nitrogens is 3. The third-order valence-corrected chi connectivity index (χ3v) is 1.57. The van der Waals surface area contributed by atoms with Gasteiger partial charge in [-0.25, -0.2) is 5.21 Å². The quantitative estimate of drug-likeness (QED) is 0.236. The Morgan fingerprint density at radius 3 is 2.40 bits per heavy atom. The summed E-state index contributed by atoms with van der Waals surface area (Å²) in [7, 11) is 0. The molecule has 3 heterocycles. The molecule has 0 saturated heterocycles. The van der Waals surface area contributed by atoms with Crippen molar-refractivity contribution in [3.63, 3.8) is 0 Å². The standard InChI is InChI=1S/C3H9N7/c4-2-1-3(5,6)10(8-1)9-7-2/h7-9H,4-6H2. The lowest BCUT2D eigenvalue weighted by Crippen LogP contribution is -2.62. The zero-order chi connectivity index (χ0) is 7.35. The van der Waals surface area contributed by atoms with Crippen molar-refractivity contribution in [1.82, 2.24) is 20.2 Å². The molecule has 56 valence electrons. The molecule has 0 aromatic carbocycles. The Morgan fingerprint density at radius 2 is 2.10 bits per heavy atom. The molecule has 0 saturated carbocycles. The number of nitrogen functional groups attached to an aromatic ring is 1. The summed E-state index contributed by atoms with van der Waals surface area (Å²) in [5.74, 6) is -0.567. The summed E-state index contributed by atoms with van der Waals surface area (Å²) in [5.41, 5.74) is 17.2. The van der Waals surface area contributed by atoms with E-state index < -0.39 is 5.79 Å². The summed E-state index contributed by atoms with van der Waals surface area (Å²) in [4.78, 5) is 1.42. The van der Waals surface area contributed by atoms with E-state index in [0.717, 1.165) is 0 Å². The fraction of sp³-hybridized carbons (Fsp3) is 0.333. The maximum atomic E-state index is 5.56. The van der Waals surface area contributed by atoms with Gasteiger partial charge in [-0.1, -0.05) is 0 Å². The molecule has 10 heavy (non-hydrogen) atoms. The van der Waals surface area contributed by atoms with E-state index in [4.69, 9.17) is 17.2 Å². The Kier molecular flexibility index (Phi) is 0.667. The second-order valence-corrected chi connectivity index (χ2v) is 2.30. The Hall–Kier alpha value is -1.34. The lowest BCUT2D eigenvalue weighted by Gasteiger charge is -2.36. The van der Waals surface area contributed by atoms with Crippen LogP contribution in [0.2, 0.25) is 0 Å². The number of nitrogens with two attached hydrogens (primary N) is 3. The third-order valence-electron chi connectivity index (χ3n) is 1.57. The van der Waals surface area contributed by atoms with Crippen molar-refractivity contribution in [1.29, 1.82) is 0 Å². The lowest BCUT2D eigenvalue weighted by atomic mass is 10.2. The van der Waals surface area contributed by atoms with Gasteiger partial charge in [0.05, 0.1) is 0 Å². The van der Waals surface area contributed by atoms with Gasteiger partial charge in [0.25, 0.3) is 0 Å². The highest BCUT2D eigenvalue weighted by Gasteiger charge is 2.36. The van der Waals surface area contributed by atoms with Gasteiger partial charge in [-0.05, 0) is 0 Å². The first-order chi connectivity index (χ1) is 4.62. The Bertz CT molecular complexity index is 287. The van der Waals surface area contributed by atoms with Crippen molar-refractivity contribution in [3.8, 4) is 0 Å². The summed E-state index contributed by atoms with van der Waals surface area (Å²) in [6.45, 7) is 0. The molecule has 3 rings (SSSR count). The van der Waals surface area contributed by atoms with Gasteiger partial charge in [0.1, 0.15) is 11.5 Å². The van der Waals surface area contributed by atoms with Gasteiger partial charge in [0, 0.05) is 0 Å². The lowest BCUT2D eigenvalue weighted by molar-refractivity contribution is 0.194. The Morgan fingerprint density at radius 1 is 1.40 bits per heavy atom. The zero-order valence-electron chi connectivity index (χ0n) is 5.18. The molecule has 2 aliphatic heterocycles. The van der Waals surface area contributed by atoms with Crippen LogP contribution in [0.4, 0.5) is 5.82 Å². The fourth-order valence-corrected chi connectivity index (χ4v) is 0.928. The van der Waals surface area contributed by atoms with E-state index in [0.29, 0.717) is 11.5 Å². The smallest absolute Gasteiger partial charge is 0.223 e. The fourth-order valence-electron chi connectivity index (χ4n) is 0.928. The van der Waals surface area contributed by atoms with E-state index in [9.17, 15) is 0 Å². The molecule has 0 amide bonds. The van der Waals surface area contributed by atoms with Crippen molar-refractivity contribution in [2.75, 3.05) is 5.73 Å². The van der Waals surface area contributed by atoms with Crippen molar-refractivity contribution in [2.24, 2.45) is 11.5 Å². The molecule has 2 bridgehead atoms. The molecule has 1 aromatic rings. The van der Waals surface area contributed by atoms with Crippen LogP contribution < -0.4 is 17.2 Å². The van der Waals surface area contributed by atoms with Crippen LogP contribution in [-0.4, -0.2) is 20.2 Å². The molecular formula is C3H9N7. The normalized spacial score (nSPS) is 18.2. The second kappa shape index (κ2) is 1.22. The van der Waals surface area contributed by atoms with Gasteiger partial charge in [-0.15, -0.1) is 0 Å². The number of hydrogen-bond acceptors (Lipinski definition) is 3. The van der Waals surface area contributed by atoms with E-state index in [1.807, 2.05) is 0 Å². The SMILES string of the molecule is Nc1[nH][nH]n2[nH]c1C2(N)N. The van der Waals surface area contributed by atoms with Crippen LogP contribution in [0.15, 0.2) is 0 Å². The monoisotopic (exact) mass is 143 g/mol. The van der Waals surface area contributed by atoms with Gasteiger partial charge >= 0.3 is 0 Å². The van der Waals surface area contributed by atoms with Gasteiger partial charge in [-0.3, -0.25) is 21.7 Å². The molecular weight excluding hydrogens is 134 g/mol. The van der Waals surface area contributed by atoms with Crippen molar-refractivity contribution in [3.05, 3.63) is 5.69 Å². The van der Waals surface area contributed by atoms with Gasteiger partial charge in [-0.2, -0.15) is 4.80 Å². The maximum Gasteiger partial charge on any atom is 0.223 e. The molecule has 7 heteroatoms. The van der Waals surface area contributed by atoms with Crippen LogP contribution in [0, 0.1) is 0 Å².